The van der Waals surface area contributed by atoms with Crippen molar-refractivity contribution >= 4 is 29.0 Å². The van der Waals surface area contributed by atoms with Gasteiger partial charge in [0.1, 0.15) is 11.8 Å². The third kappa shape index (κ3) is 5.57. The van der Waals surface area contributed by atoms with E-state index in [2.05, 4.69) is 15.6 Å². The van der Waals surface area contributed by atoms with Crippen molar-refractivity contribution in [2.24, 2.45) is 4.99 Å². The van der Waals surface area contributed by atoms with E-state index in [1.807, 2.05) is 60.7 Å². The number of anilines is 2. The topological polar surface area (TPSA) is 111 Å². The van der Waals surface area contributed by atoms with Crippen molar-refractivity contribution in [2.75, 3.05) is 23.7 Å². The highest BCUT2D eigenvalue weighted by Crippen LogP contribution is 2.28. The lowest BCUT2D eigenvalue weighted by Crippen LogP contribution is -2.26. The van der Waals surface area contributed by atoms with Gasteiger partial charge in [0.2, 0.25) is 0 Å². The zero-order valence-electron chi connectivity index (χ0n) is 18.4. The lowest BCUT2D eigenvalue weighted by Gasteiger charge is -2.18. The van der Waals surface area contributed by atoms with Gasteiger partial charge < -0.3 is 20.8 Å². The van der Waals surface area contributed by atoms with Crippen molar-refractivity contribution in [1.29, 1.82) is 0 Å². The van der Waals surface area contributed by atoms with Crippen LogP contribution >= 0.6 is 0 Å². The van der Waals surface area contributed by atoms with Crippen LogP contribution in [-0.2, 0) is 16.0 Å². The highest BCUT2D eigenvalue weighted by molar-refractivity contribution is 6.49. The van der Waals surface area contributed by atoms with Gasteiger partial charge in [-0.1, -0.05) is 66.7 Å². The Morgan fingerprint density at radius 1 is 0.971 bits per heavy atom. The summed E-state index contributed by atoms with van der Waals surface area (Å²) in [7, 11) is 0. The summed E-state index contributed by atoms with van der Waals surface area (Å²) >= 11 is 0. The van der Waals surface area contributed by atoms with Gasteiger partial charge in [-0.25, -0.2) is 0 Å². The van der Waals surface area contributed by atoms with E-state index in [1.54, 1.807) is 24.3 Å². The molecule has 0 aliphatic carbocycles. The molecule has 3 aromatic carbocycles. The first-order chi connectivity index (χ1) is 16.5. The summed E-state index contributed by atoms with van der Waals surface area (Å²) in [6.07, 6.45) is 0.990. The Bertz CT molecular complexity index is 1250. The molecular weight excluding hydrogens is 430 g/mol. The van der Waals surface area contributed by atoms with Crippen molar-refractivity contribution in [3.8, 4) is 0 Å². The molecule has 1 aliphatic rings. The SMILES string of the molecule is O=C(O)Cc1cccc(NC(=O)C2=NCC=C2CNc2ccccc2C(O)c2ccccc2)c1. The van der Waals surface area contributed by atoms with Crippen LogP contribution in [0.25, 0.3) is 0 Å². The maximum atomic E-state index is 12.9. The van der Waals surface area contributed by atoms with E-state index in [0.717, 1.165) is 22.4 Å². The normalized spacial score (nSPS) is 13.6. The standard InChI is InChI=1S/C27H25N3O4/c31-24(32)16-18-7-6-10-21(15-18)30-27(34)25-20(13-14-28-25)17-29-23-12-5-4-11-22(23)26(33)19-8-2-1-3-9-19/h1-13,15,26,29,33H,14,16-17H2,(H,30,34)(H,31,32). The number of para-hydroxylation sites is 1. The van der Waals surface area contributed by atoms with Gasteiger partial charge in [0.25, 0.3) is 5.91 Å². The maximum absolute atomic E-state index is 12.9. The van der Waals surface area contributed by atoms with Crippen molar-refractivity contribution in [3.05, 3.63) is 107 Å². The number of carboxylic acids is 1. The molecule has 7 nitrogen and oxygen atoms in total. The van der Waals surface area contributed by atoms with Crippen LogP contribution in [0, 0.1) is 0 Å². The van der Waals surface area contributed by atoms with E-state index in [9.17, 15) is 14.7 Å². The van der Waals surface area contributed by atoms with Gasteiger partial charge in [-0.05, 0) is 34.9 Å². The highest BCUT2D eigenvalue weighted by Gasteiger charge is 2.21. The lowest BCUT2D eigenvalue weighted by molar-refractivity contribution is -0.136. The molecule has 0 saturated carbocycles. The second-order valence-corrected chi connectivity index (χ2v) is 7.90. The summed E-state index contributed by atoms with van der Waals surface area (Å²) in [5.41, 5.74) is 4.51. The summed E-state index contributed by atoms with van der Waals surface area (Å²) in [5, 5.41) is 26.0. The number of hydrogen-bond acceptors (Lipinski definition) is 5. The molecule has 4 rings (SSSR count). The van der Waals surface area contributed by atoms with Crippen molar-refractivity contribution in [1.82, 2.24) is 0 Å². The Labute approximate surface area is 197 Å². The van der Waals surface area contributed by atoms with Crippen LogP contribution in [0.3, 0.4) is 0 Å². The number of rotatable bonds is 9. The van der Waals surface area contributed by atoms with Gasteiger partial charge in [0.15, 0.2) is 0 Å². The highest BCUT2D eigenvalue weighted by atomic mass is 16.4. The number of carbonyl (C=O) groups is 2. The fraction of sp³-hybridized carbons (Fsp3) is 0.148. The van der Waals surface area contributed by atoms with Crippen LogP contribution in [0.1, 0.15) is 22.8 Å². The molecule has 0 saturated heterocycles. The second kappa shape index (κ2) is 10.6. The summed E-state index contributed by atoms with van der Waals surface area (Å²) in [6, 6.07) is 23.7. The van der Waals surface area contributed by atoms with E-state index < -0.39 is 12.1 Å². The summed E-state index contributed by atoms with van der Waals surface area (Å²) in [5.74, 6) is -1.28. The van der Waals surface area contributed by atoms with Crippen molar-refractivity contribution in [2.45, 2.75) is 12.5 Å². The lowest BCUT2D eigenvalue weighted by atomic mass is 9.99. The number of aliphatic imine (C=N–C) groups is 1. The van der Waals surface area contributed by atoms with E-state index in [-0.39, 0.29) is 12.3 Å². The first-order valence-corrected chi connectivity index (χ1v) is 10.9. The molecule has 7 heteroatoms. The third-order valence-electron chi connectivity index (χ3n) is 5.49. The number of nitrogens with one attached hydrogen (secondary N) is 2. The van der Waals surface area contributed by atoms with Crippen LogP contribution < -0.4 is 10.6 Å². The molecule has 4 N–H and O–H groups in total. The summed E-state index contributed by atoms with van der Waals surface area (Å²) in [6.45, 7) is 0.775. The molecule has 1 atom stereocenters. The molecule has 0 bridgehead atoms. The molecular formula is C27H25N3O4. The number of nitrogens with zero attached hydrogens (tertiary/aromatic N) is 1. The van der Waals surface area contributed by atoms with E-state index >= 15 is 0 Å². The van der Waals surface area contributed by atoms with Crippen molar-refractivity contribution in [3.63, 3.8) is 0 Å². The largest absolute Gasteiger partial charge is 0.481 e. The van der Waals surface area contributed by atoms with Crippen LogP contribution in [-0.4, -0.2) is 40.9 Å². The smallest absolute Gasteiger partial charge is 0.307 e. The van der Waals surface area contributed by atoms with Gasteiger partial charge in [0, 0.05) is 23.5 Å². The Morgan fingerprint density at radius 2 is 1.74 bits per heavy atom. The van der Waals surface area contributed by atoms with Crippen molar-refractivity contribution < 1.29 is 19.8 Å². The first kappa shape index (κ1) is 22.9. The Kier molecular flexibility index (Phi) is 7.15. The summed E-state index contributed by atoms with van der Waals surface area (Å²) < 4.78 is 0. The van der Waals surface area contributed by atoms with Gasteiger partial charge in [-0.2, -0.15) is 0 Å². The average Bonchev–Trinajstić information content (AvgIpc) is 3.32. The fourth-order valence-electron chi connectivity index (χ4n) is 3.84. The molecule has 172 valence electrons. The molecule has 1 amide bonds. The van der Waals surface area contributed by atoms with Crippen LogP contribution in [0.5, 0.6) is 0 Å². The number of amides is 1. The molecule has 0 spiro atoms. The van der Waals surface area contributed by atoms with Crippen LogP contribution in [0.4, 0.5) is 11.4 Å². The summed E-state index contributed by atoms with van der Waals surface area (Å²) in [4.78, 5) is 28.1. The molecule has 34 heavy (non-hydrogen) atoms. The second-order valence-electron chi connectivity index (χ2n) is 7.90. The average molecular weight is 456 g/mol. The van der Waals surface area contributed by atoms with Gasteiger partial charge in [-0.3, -0.25) is 14.6 Å². The maximum Gasteiger partial charge on any atom is 0.307 e. The minimum absolute atomic E-state index is 0.117. The molecule has 1 aliphatic heterocycles. The first-order valence-electron chi connectivity index (χ1n) is 10.9. The Balaban J connectivity index is 1.43. The molecule has 1 unspecified atom stereocenters. The molecule has 0 fully saturated rings. The molecule has 0 radical (unpaired) electrons. The molecule has 3 aromatic rings. The van der Waals surface area contributed by atoms with Crippen LogP contribution in [0.15, 0.2) is 95.5 Å². The van der Waals surface area contributed by atoms with Gasteiger partial charge in [-0.15, -0.1) is 0 Å². The van der Waals surface area contributed by atoms with Gasteiger partial charge >= 0.3 is 5.97 Å². The Hall–Kier alpha value is -4.23. The number of carboxylic acid groups (broad SMARTS) is 1. The van der Waals surface area contributed by atoms with E-state index in [1.165, 1.54) is 0 Å². The predicted molar refractivity (Wildman–Crippen MR) is 132 cm³/mol. The zero-order valence-corrected chi connectivity index (χ0v) is 18.4. The molecule has 1 heterocycles. The fourth-order valence-corrected chi connectivity index (χ4v) is 3.84. The number of aliphatic hydroxyl groups excluding tert-OH is 1. The monoisotopic (exact) mass is 455 g/mol. The molecule has 0 aromatic heterocycles. The number of aliphatic hydroxyl groups is 1. The number of hydrogen-bond donors (Lipinski definition) is 4. The number of benzene rings is 3. The zero-order chi connectivity index (χ0) is 23.9. The third-order valence-corrected chi connectivity index (χ3v) is 5.49. The minimum Gasteiger partial charge on any atom is -0.481 e. The van der Waals surface area contributed by atoms with E-state index in [4.69, 9.17) is 5.11 Å². The van der Waals surface area contributed by atoms with Gasteiger partial charge in [0.05, 0.1) is 13.0 Å². The van der Waals surface area contributed by atoms with Crippen LogP contribution in [0.2, 0.25) is 0 Å². The number of carbonyl (C=O) groups excluding carboxylic acids is 1. The number of aliphatic carboxylic acids is 1. The minimum atomic E-state index is -0.933. The Morgan fingerprint density at radius 3 is 2.53 bits per heavy atom. The predicted octanol–water partition coefficient (Wildman–Crippen LogP) is 3.83. The quantitative estimate of drug-likeness (QED) is 0.392. The van der Waals surface area contributed by atoms with E-state index in [0.29, 0.717) is 30.1 Å².